The van der Waals surface area contributed by atoms with E-state index in [-0.39, 0.29) is 17.9 Å². The number of anilines is 1. The summed E-state index contributed by atoms with van der Waals surface area (Å²) in [6, 6.07) is 4.16. The number of benzene rings is 1. The van der Waals surface area contributed by atoms with Crippen molar-refractivity contribution in [2.75, 3.05) is 24.6 Å². The third-order valence-corrected chi connectivity index (χ3v) is 2.77. The number of carbonyl (C=O) groups is 1. The predicted molar refractivity (Wildman–Crippen MR) is 71.2 cm³/mol. The summed E-state index contributed by atoms with van der Waals surface area (Å²) < 4.78 is 0. The van der Waals surface area contributed by atoms with Crippen molar-refractivity contribution in [2.45, 2.75) is 13.3 Å². The molecule has 1 aromatic carbocycles. The highest BCUT2D eigenvalue weighted by Crippen LogP contribution is 2.29. The molecule has 1 amide bonds. The highest BCUT2D eigenvalue weighted by molar-refractivity contribution is 5.94. The average molecular weight is 267 g/mol. The van der Waals surface area contributed by atoms with Crippen LogP contribution in [0.4, 0.5) is 11.4 Å². The lowest BCUT2D eigenvalue weighted by molar-refractivity contribution is -0.384. The minimum absolute atomic E-state index is 0.0175. The number of hydrogen-bond acceptors (Lipinski definition) is 5. The van der Waals surface area contributed by atoms with Crippen LogP contribution in [0.2, 0.25) is 0 Å². The second kappa shape index (κ2) is 6.69. The highest BCUT2D eigenvalue weighted by Gasteiger charge is 2.20. The molecule has 1 rings (SSSR count). The van der Waals surface area contributed by atoms with Crippen LogP contribution in [0.5, 0.6) is 0 Å². The molecule has 0 bridgehead atoms. The number of nitrogens with zero attached hydrogens (tertiary/aromatic N) is 2. The van der Waals surface area contributed by atoms with Gasteiger partial charge in [0.2, 0.25) is 5.91 Å². The molecule has 0 atom stereocenters. The van der Waals surface area contributed by atoms with Crippen LogP contribution < -0.4 is 10.6 Å². The third-order valence-electron chi connectivity index (χ3n) is 2.77. The molecule has 0 aliphatic heterocycles. The van der Waals surface area contributed by atoms with Gasteiger partial charge in [-0.2, -0.15) is 0 Å². The van der Waals surface area contributed by atoms with Gasteiger partial charge in [-0.1, -0.05) is 0 Å². The molecule has 0 aliphatic carbocycles. The van der Waals surface area contributed by atoms with Crippen molar-refractivity contribution in [1.29, 1.82) is 0 Å². The van der Waals surface area contributed by atoms with Crippen molar-refractivity contribution >= 4 is 17.3 Å². The number of nitro benzene ring substituents is 1. The summed E-state index contributed by atoms with van der Waals surface area (Å²) in [5, 5.41) is 19.9. The summed E-state index contributed by atoms with van der Waals surface area (Å²) in [4.78, 5) is 23.4. The Morgan fingerprint density at radius 2 is 2.21 bits per heavy atom. The summed E-state index contributed by atoms with van der Waals surface area (Å²) in [5.41, 5.74) is 5.48. The van der Waals surface area contributed by atoms with Gasteiger partial charge in [-0.25, -0.2) is 0 Å². The number of rotatable bonds is 7. The molecule has 7 heteroatoms. The molecular weight excluding hydrogens is 250 g/mol. The van der Waals surface area contributed by atoms with Crippen LogP contribution in [0.3, 0.4) is 0 Å². The van der Waals surface area contributed by atoms with Crippen LogP contribution >= 0.6 is 0 Å². The van der Waals surface area contributed by atoms with E-state index in [9.17, 15) is 14.9 Å². The van der Waals surface area contributed by atoms with Gasteiger partial charge in [-0.15, -0.1) is 0 Å². The van der Waals surface area contributed by atoms with Crippen molar-refractivity contribution in [1.82, 2.24) is 0 Å². The van der Waals surface area contributed by atoms with Gasteiger partial charge in [0.15, 0.2) is 0 Å². The molecule has 1 aromatic rings. The summed E-state index contributed by atoms with van der Waals surface area (Å²) >= 11 is 0. The third kappa shape index (κ3) is 3.65. The molecule has 0 radical (unpaired) electrons. The summed E-state index contributed by atoms with van der Waals surface area (Å²) in [6.45, 7) is 2.95. The maximum absolute atomic E-state index is 11.1. The van der Waals surface area contributed by atoms with E-state index in [1.165, 1.54) is 18.2 Å². The monoisotopic (exact) mass is 267 g/mol. The van der Waals surface area contributed by atoms with E-state index in [0.29, 0.717) is 25.2 Å². The standard InChI is InChI=1S/C12H17N3O4/c1-2-14(6-3-7-16)10-5-4-9(12(13)17)8-11(10)15(18)19/h4-5,8,16H,2-3,6-7H2,1H3,(H2,13,17). The van der Waals surface area contributed by atoms with Gasteiger partial charge in [0.1, 0.15) is 5.69 Å². The van der Waals surface area contributed by atoms with E-state index in [0.717, 1.165) is 0 Å². The zero-order valence-corrected chi connectivity index (χ0v) is 10.7. The lowest BCUT2D eigenvalue weighted by Crippen LogP contribution is -2.25. The maximum atomic E-state index is 11.1. The number of nitrogens with two attached hydrogens (primary N) is 1. The van der Waals surface area contributed by atoms with Crippen LogP contribution in [-0.4, -0.2) is 35.6 Å². The van der Waals surface area contributed by atoms with Gasteiger partial charge < -0.3 is 15.7 Å². The van der Waals surface area contributed by atoms with Crippen molar-refractivity contribution in [3.05, 3.63) is 33.9 Å². The minimum Gasteiger partial charge on any atom is -0.396 e. The first-order chi connectivity index (χ1) is 9.01. The molecule has 0 spiro atoms. The van der Waals surface area contributed by atoms with E-state index in [2.05, 4.69) is 0 Å². The SMILES string of the molecule is CCN(CCCO)c1ccc(C(N)=O)cc1[N+](=O)[O-]. The Kier molecular flexibility index (Phi) is 5.25. The van der Waals surface area contributed by atoms with Crippen LogP contribution in [-0.2, 0) is 0 Å². The predicted octanol–water partition coefficient (Wildman–Crippen LogP) is 0.902. The molecule has 0 saturated heterocycles. The van der Waals surface area contributed by atoms with E-state index < -0.39 is 10.8 Å². The quantitative estimate of drug-likeness (QED) is 0.563. The Balaban J connectivity index is 3.17. The molecule has 19 heavy (non-hydrogen) atoms. The molecule has 104 valence electrons. The molecule has 0 fully saturated rings. The summed E-state index contributed by atoms with van der Waals surface area (Å²) in [5.74, 6) is -0.701. The zero-order chi connectivity index (χ0) is 14.4. The molecule has 0 saturated carbocycles. The fraction of sp³-hybridized carbons (Fsp3) is 0.417. The highest BCUT2D eigenvalue weighted by atomic mass is 16.6. The second-order valence-corrected chi connectivity index (χ2v) is 3.98. The van der Waals surface area contributed by atoms with Crippen molar-refractivity contribution in [3.63, 3.8) is 0 Å². The van der Waals surface area contributed by atoms with E-state index in [4.69, 9.17) is 10.8 Å². The van der Waals surface area contributed by atoms with Crippen molar-refractivity contribution < 1.29 is 14.8 Å². The fourth-order valence-electron chi connectivity index (χ4n) is 1.80. The van der Waals surface area contributed by atoms with Crippen LogP contribution in [0.15, 0.2) is 18.2 Å². The number of aliphatic hydroxyl groups excluding tert-OH is 1. The Hall–Kier alpha value is -2.15. The van der Waals surface area contributed by atoms with Gasteiger partial charge >= 0.3 is 0 Å². The first-order valence-corrected chi connectivity index (χ1v) is 5.95. The smallest absolute Gasteiger partial charge is 0.293 e. The first-order valence-electron chi connectivity index (χ1n) is 5.95. The lowest BCUT2D eigenvalue weighted by atomic mass is 10.1. The molecule has 3 N–H and O–H groups in total. The van der Waals surface area contributed by atoms with Crippen LogP contribution in [0.1, 0.15) is 23.7 Å². The number of carbonyl (C=O) groups excluding carboxylic acids is 1. The maximum Gasteiger partial charge on any atom is 0.293 e. The molecule has 0 heterocycles. The van der Waals surface area contributed by atoms with Crippen LogP contribution in [0, 0.1) is 10.1 Å². The van der Waals surface area contributed by atoms with Gasteiger partial charge in [-0.3, -0.25) is 14.9 Å². The van der Waals surface area contributed by atoms with Gasteiger partial charge in [0.25, 0.3) is 5.69 Å². The molecule has 7 nitrogen and oxygen atoms in total. The van der Waals surface area contributed by atoms with Gasteiger partial charge in [0, 0.05) is 31.3 Å². The van der Waals surface area contributed by atoms with Crippen molar-refractivity contribution in [2.24, 2.45) is 5.73 Å². The molecule has 0 aromatic heterocycles. The fourth-order valence-corrected chi connectivity index (χ4v) is 1.80. The lowest BCUT2D eigenvalue weighted by Gasteiger charge is -2.22. The molecule has 0 aliphatic rings. The Morgan fingerprint density at radius 3 is 2.68 bits per heavy atom. The Bertz CT molecular complexity index is 476. The molecule has 0 unspecified atom stereocenters. The number of primary amides is 1. The number of nitro groups is 1. The van der Waals surface area contributed by atoms with Gasteiger partial charge in [0.05, 0.1) is 4.92 Å². The minimum atomic E-state index is -0.701. The normalized spacial score (nSPS) is 10.2. The first kappa shape index (κ1) is 14.9. The van der Waals surface area contributed by atoms with Gasteiger partial charge in [-0.05, 0) is 25.5 Å². The zero-order valence-electron chi connectivity index (χ0n) is 10.7. The van der Waals surface area contributed by atoms with E-state index in [1.54, 1.807) is 4.90 Å². The largest absolute Gasteiger partial charge is 0.396 e. The Morgan fingerprint density at radius 1 is 1.53 bits per heavy atom. The summed E-state index contributed by atoms with van der Waals surface area (Å²) in [6.07, 6.45) is 0.516. The van der Waals surface area contributed by atoms with E-state index >= 15 is 0 Å². The molecular formula is C12H17N3O4. The van der Waals surface area contributed by atoms with Crippen LogP contribution in [0.25, 0.3) is 0 Å². The summed E-state index contributed by atoms with van der Waals surface area (Å²) in [7, 11) is 0. The Labute approximate surface area is 110 Å². The number of amides is 1. The number of hydrogen-bond donors (Lipinski definition) is 2. The number of aliphatic hydroxyl groups is 1. The van der Waals surface area contributed by atoms with E-state index in [1.807, 2.05) is 6.92 Å². The topological polar surface area (TPSA) is 110 Å². The van der Waals surface area contributed by atoms with Crippen molar-refractivity contribution in [3.8, 4) is 0 Å². The average Bonchev–Trinajstić information content (AvgIpc) is 2.39. The second-order valence-electron chi connectivity index (χ2n) is 3.98.